The van der Waals surface area contributed by atoms with E-state index in [-0.39, 0.29) is 0 Å². The van der Waals surface area contributed by atoms with Crippen molar-refractivity contribution in [3.63, 3.8) is 0 Å². The van der Waals surface area contributed by atoms with E-state index in [1.54, 1.807) is 30.5 Å². The Morgan fingerprint density at radius 2 is 1.92 bits per heavy atom. The average molecular weight is 178 g/mol. The van der Waals surface area contributed by atoms with Crippen molar-refractivity contribution in [1.82, 2.24) is 0 Å². The lowest BCUT2D eigenvalue weighted by atomic mass is 10.3. The Bertz CT molecular complexity index is 234. The van der Waals surface area contributed by atoms with Crippen LogP contribution in [-0.2, 0) is 4.74 Å². The Kier molecular flexibility index (Phi) is 4.54. The van der Waals surface area contributed by atoms with E-state index in [9.17, 15) is 0 Å². The molecular weight excluding hydrogens is 164 g/mol. The van der Waals surface area contributed by atoms with Crippen LogP contribution in [0.2, 0.25) is 0 Å². The highest BCUT2D eigenvalue weighted by atomic mass is 16.5. The highest BCUT2D eigenvalue weighted by molar-refractivity contribution is 5.18. The predicted molar refractivity (Wildman–Crippen MR) is 52.4 cm³/mol. The molecule has 0 saturated carbocycles. The van der Waals surface area contributed by atoms with Crippen LogP contribution in [0.5, 0.6) is 5.75 Å². The minimum Gasteiger partial charge on any atom is -0.508 e. The minimum atomic E-state index is 0.322. The van der Waals surface area contributed by atoms with Crippen molar-refractivity contribution < 1.29 is 9.84 Å². The van der Waals surface area contributed by atoms with E-state index in [0.29, 0.717) is 5.75 Å². The molecule has 1 heterocycles. The number of rotatable bonds is 0. The van der Waals surface area contributed by atoms with Gasteiger partial charge < -0.3 is 9.84 Å². The average Bonchev–Trinajstić information content (AvgIpc) is 2.22. The van der Waals surface area contributed by atoms with Gasteiger partial charge in [-0.1, -0.05) is 18.2 Å². The first-order valence-electron chi connectivity index (χ1n) is 4.40. The van der Waals surface area contributed by atoms with Gasteiger partial charge in [-0.05, 0) is 31.1 Å². The first kappa shape index (κ1) is 9.65. The molecule has 2 nitrogen and oxygen atoms in total. The van der Waals surface area contributed by atoms with Crippen LogP contribution in [-0.4, -0.2) is 11.7 Å². The molecule has 1 aromatic rings. The first-order valence-corrected chi connectivity index (χ1v) is 4.40. The molecule has 0 aliphatic carbocycles. The number of hydrogen-bond donors (Lipinski definition) is 1. The van der Waals surface area contributed by atoms with Gasteiger partial charge in [-0.2, -0.15) is 0 Å². The molecule has 1 aliphatic heterocycles. The Hall–Kier alpha value is -1.44. The number of para-hydroxylation sites is 1. The van der Waals surface area contributed by atoms with Crippen molar-refractivity contribution in [2.24, 2.45) is 0 Å². The van der Waals surface area contributed by atoms with Crippen molar-refractivity contribution in [2.45, 2.75) is 12.8 Å². The number of ether oxygens (including phenoxy) is 1. The summed E-state index contributed by atoms with van der Waals surface area (Å²) in [6, 6.07) is 8.71. The summed E-state index contributed by atoms with van der Waals surface area (Å²) in [5.74, 6) is 0.322. The molecule has 1 N–H and O–H groups in total. The summed E-state index contributed by atoms with van der Waals surface area (Å²) in [4.78, 5) is 0. The molecule has 0 aromatic heterocycles. The normalized spacial score (nSPS) is 13.8. The van der Waals surface area contributed by atoms with E-state index in [4.69, 9.17) is 9.84 Å². The molecule has 1 aromatic carbocycles. The topological polar surface area (TPSA) is 29.5 Å². The van der Waals surface area contributed by atoms with Crippen LogP contribution in [0.25, 0.3) is 0 Å². The van der Waals surface area contributed by atoms with Crippen LogP contribution in [0.3, 0.4) is 0 Å². The maximum absolute atomic E-state index is 8.63. The molecule has 0 unspecified atom stereocenters. The lowest BCUT2D eigenvalue weighted by molar-refractivity contribution is 0.231. The van der Waals surface area contributed by atoms with Crippen molar-refractivity contribution >= 4 is 0 Å². The minimum absolute atomic E-state index is 0.322. The van der Waals surface area contributed by atoms with Gasteiger partial charge in [0.25, 0.3) is 0 Å². The van der Waals surface area contributed by atoms with Crippen LogP contribution < -0.4 is 0 Å². The highest BCUT2D eigenvalue weighted by Gasteiger charge is 1.86. The van der Waals surface area contributed by atoms with Gasteiger partial charge in [0.1, 0.15) is 5.75 Å². The molecular formula is C11H14O2. The van der Waals surface area contributed by atoms with Crippen molar-refractivity contribution in [3.8, 4) is 5.75 Å². The second-order valence-corrected chi connectivity index (χ2v) is 2.72. The molecule has 13 heavy (non-hydrogen) atoms. The Morgan fingerprint density at radius 1 is 1.15 bits per heavy atom. The molecule has 0 bridgehead atoms. The van der Waals surface area contributed by atoms with Gasteiger partial charge >= 0.3 is 0 Å². The number of aromatic hydroxyl groups is 1. The summed E-state index contributed by atoms with van der Waals surface area (Å²) < 4.78 is 4.89. The van der Waals surface area contributed by atoms with Crippen LogP contribution in [0, 0.1) is 0 Å². The van der Waals surface area contributed by atoms with Crippen molar-refractivity contribution in [2.75, 3.05) is 6.61 Å². The Labute approximate surface area is 78.5 Å². The Balaban J connectivity index is 0.000000132. The molecule has 0 saturated heterocycles. The van der Waals surface area contributed by atoms with Gasteiger partial charge in [-0.3, -0.25) is 0 Å². The van der Waals surface area contributed by atoms with Gasteiger partial charge in [0.15, 0.2) is 0 Å². The summed E-state index contributed by atoms with van der Waals surface area (Å²) in [5, 5.41) is 8.63. The van der Waals surface area contributed by atoms with E-state index < -0.39 is 0 Å². The van der Waals surface area contributed by atoms with E-state index >= 15 is 0 Å². The number of phenols is 1. The SMILES string of the molecule is C1=COCCC1.Oc1ccccc1. The number of hydrogen-bond acceptors (Lipinski definition) is 2. The van der Waals surface area contributed by atoms with Crippen molar-refractivity contribution in [1.29, 1.82) is 0 Å². The maximum Gasteiger partial charge on any atom is 0.115 e. The quantitative estimate of drug-likeness (QED) is 0.661. The third kappa shape index (κ3) is 4.90. The summed E-state index contributed by atoms with van der Waals surface area (Å²) in [7, 11) is 0. The molecule has 70 valence electrons. The summed E-state index contributed by atoms with van der Waals surface area (Å²) in [6.07, 6.45) is 6.20. The van der Waals surface area contributed by atoms with Gasteiger partial charge in [-0.15, -0.1) is 0 Å². The number of allylic oxidation sites excluding steroid dienone is 1. The Morgan fingerprint density at radius 3 is 2.15 bits per heavy atom. The van der Waals surface area contributed by atoms with Crippen LogP contribution >= 0.6 is 0 Å². The lowest BCUT2D eigenvalue weighted by Gasteiger charge is -2.01. The van der Waals surface area contributed by atoms with E-state index in [1.807, 2.05) is 12.1 Å². The zero-order valence-electron chi connectivity index (χ0n) is 7.52. The third-order valence-electron chi connectivity index (χ3n) is 1.58. The van der Waals surface area contributed by atoms with Gasteiger partial charge in [0.2, 0.25) is 0 Å². The molecule has 2 rings (SSSR count). The second kappa shape index (κ2) is 6.12. The standard InChI is InChI=1S/C6H6O.C5H8O/c7-6-4-2-1-3-5-6;1-2-4-6-5-3-1/h1-5,7H;2,4H,1,3,5H2. The molecule has 0 atom stereocenters. The van der Waals surface area contributed by atoms with Gasteiger partial charge in [0.05, 0.1) is 12.9 Å². The van der Waals surface area contributed by atoms with Gasteiger partial charge in [-0.25, -0.2) is 0 Å². The molecule has 0 amide bonds. The third-order valence-corrected chi connectivity index (χ3v) is 1.58. The lowest BCUT2D eigenvalue weighted by Crippen LogP contribution is -1.90. The van der Waals surface area contributed by atoms with Crippen LogP contribution in [0.1, 0.15) is 12.8 Å². The van der Waals surface area contributed by atoms with Crippen LogP contribution in [0.15, 0.2) is 42.7 Å². The molecule has 1 aliphatic rings. The molecule has 0 radical (unpaired) electrons. The molecule has 2 heteroatoms. The summed E-state index contributed by atoms with van der Waals surface area (Å²) in [5.41, 5.74) is 0. The zero-order valence-corrected chi connectivity index (χ0v) is 7.52. The monoisotopic (exact) mass is 178 g/mol. The predicted octanol–water partition coefficient (Wildman–Crippen LogP) is 2.70. The fourth-order valence-corrected chi connectivity index (χ4v) is 0.917. The molecule has 0 spiro atoms. The van der Waals surface area contributed by atoms with Gasteiger partial charge in [0, 0.05) is 0 Å². The van der Waals surface area contributed by atoms with Crippen LogP contribution in [0.4, 0.5) is 0 Å². The number of benzene rings is 1. The van der Waals surface area contributed by atoms with Crippen molar-refractivity contribution in [3.05, 3.63) is 42.7 Å². The smallest absolute Gasteiger partial charge is 0.115 e. The summed E-state index contributed by atoms with van der Waals surface area (Å²) in [6.45, 7) is 0.913. The summed E-state index contributed by atoms with van der Waals surface area (Å²) >= 11 is 0. The fourth-order valence-electron chi connectivity index (χ4n) is 0.917. The van der Waals surface area contributed by atoms with E-state index in [2.05, 4.69) is 0 Å². The van der Waals surface area contributed by atoms with E-state index in [0.717, 1.165) is 6.61 Å². The first-order chi connectivity index (χ1) is 6.39. The maximum atomic E-state index is 8.63. The second-order valence-electron chi connectivity index (χ2n) is 2.72. The highest BCUT2D eigenvalue weighted by Crippen LogP contribution is 2.02. The molecule has 0 fully saturated rings. The van der Waals surface area contributed by atoms with E-state index in [1.165, 1.54) is 12.8 Å². The number of phenolic OH excluding ortho intramolecular Hbond substituents is 1. The largest absolute Gasteiger partial charge is 0.508 e. The fraction of sp³-hybridized carbons (Fsp3) is 0.273. The zero-order chi connectivity index (χ0) is 9.36.